The van der Waals surface area contributed by atoms with Crippen molar-refractivity contribution in [3.63, 3.8) is 0 Å². The highest BCUT2D eigenvalue weighted by molar-refractivity contribution is 5.50. The molecule has 2 aromatic rings. The quantitative estimate of drug-likeness (QED) is 0.844. The van der Waals surface area contributed by atoms with Gasteiger partial charge in [-0.2, -0.15) is 0 Å². The summed E-state index contributed by atoms with van der Waals surface area (Å²) in [7, 11) is 0. The number of anilines is 1. The highest BCUT2D eigenvalue weighted by Gasteiger charge is 2.18. The van der Waals surface area contributed by atoms with Gasteiger partial charge in [-0.25, -0.2) is 8.78 Å². The van der Waals surface area contributed by atoms with Crippen LogP contribution in [0.5, 0.6) is 0 Å². The summed E-state index contributed by atoms with van der Waals surface area (Å²) in [6, 6.07) is 6.31. The van der Waals surface area contributed by atoms with Crippen molar-refractivity contribution in [1.82, 2.24) is 5.32 Å². The zero-order valence-electron chi connectivity index (χ0n) is 12.3. The normalized spacial score (nSPS) is 10.9. The van der Waals surface area contributed by atoms with Gasteiger partial charge < -0.3 is 14.6 Å². The van der Waals surface area contributed by atoms with E-state index in [9.17, 15) is 8.78 Å². The molecule has 1 aromatic heterocycles. The zero-order chi connectivity index (χ0) is 15.2. The maximum absolute atomic E-state index is 14.3. The Balaban J connectivity index is 2.24. The van der Waals surface area contributed by atoms with Gasteiger partial charge in [-0.15, -0.1) is 0 Å². The fourth-order valence-corrected chi connectivity index (χ4v) is 2.23. The van der Waals surface area contributed by atoms with Gasteiger partial charge in [0.1, 0.15) is 23.1 Å². The van der Waals surface area contributed by atoms with Gasteiger partial charge in [-0.05, 0) is 43.3 Å². The third kappa shape index (κ3) is 3.82. The number of halogens is 2. The lowest BCUT2D eigenvalue weighted by atomic mass is 10.1. The molecule has 0 aliphatic heterocycles. The van der Waals surface area contributed by atoms with Crippen molar-refractivity contribution in [3.8, 4) is 0 Å². The molecule has 2 rings (SSSR count). The average molecular weight is 294 g/mol. The predicted octanol–water partition coefficient (Wildman–Crippen LogP) is 3.69. The summed E-state index contributed by atoms with van der Waals surface area (Å²) in [5, 5.41) is 3.06. The van der Waals surface area contributed by atoms with Gasteiger partial charge in [0.2, 0.25) is 0 Å². The van der Waals surface area contributed by atoms with E-state index in [0.29, 0.717) is 31.0 Å². The van der Waals surface area contributed by atoms with Crippen LogP contribution in [0.15, 0.2) is 34.9 Å². The van der Waals surface area contributed by atoms with Crippen molar-refractivity contribution < 1.29 is 13.2 Å². The minimum Gasteiger partial charge on any atom is -0.467 e. The van der Waals surface area contributed by atoms with E-state index in [1.165, 1.54) is 12.1 Å². The van der Waals surface area contributed by atoms with Crippen molar-refractivity contribution in [1.29, 1.82) is 0 Å². The highest BCUT2D eigenvalue weighted by Crippen LogP contribution is 2.26. The smallest absolute Gasteiger partial charge is 0.149 e. The second-order valence-electron chi connectivity index (χ2n) is 4.78. The molecule has 1 aromatic carbocycles. The minimum atomic E-state index is -0.545. The standard InChI is InChI=1S/C16H20F2N2O/c1-3-19-10-12-8-14(17)16(15(18)9-12)20(4-2)11-13-6-5-7-21-13/h5-9,19H,3-4,10-11H2,1-2H3. The van der Waals surface area contributed by atoms with Crippen molar-refractivity contribution >= 4 is 5.69 Å². The Bertz CT molecular complexity index is 547. The number of nitrogens with zero attached hydrogens (tertiary/aromatic N) is 1. The van der Waals surface area contributed by atoms with Crippen molar-refractivity contribution in [2.45, 2.75) is 26.9 Å². The Morgan fingerprint density at radius 3 is 2.43 bits per heavy atom. The third-order valence-electron chi connectivity index (χ3n) is 3.28. The van der Waals surface area contributed by atoms with Gasteiger partial charge in [0.15, 0.2) is 0 Å². The number of hydrogen-bond acceptors (Lipinski definition) is 3. The van der Waals surface area contributed by atoms with Crippen LogP contribution in [0, 0.1) is 11.6 Å². The molecule has 0 bridgehead atoms. The van der Waals surface area contributed by atoms with Crippen LogP contribution in [-0.4, -0.2) is 13.1 Å². The van der Waals surface area contributed by atoms with Gasteiger partial charge in [0, 0.05) is 13.1 Å². The lowest BCUT2D eigenvalue weighted by Crippen LogP contribution is -2.24. The van der Waals surface area contributed by atoms with E-state index in [2.05, 4.69) is 5.32 Å². The third-order valence-corrected chi connectivity index (χ3v) is 3.28. The first-order chi connectivity index (χ1) is 10.2. The molecule has 0 spiro atoms. The van der Waals surface area contributed by atoms with Gasteiger partial charge in [-0.1, -0.05) is 6.92 Å². The fraction of sp³-hybridized carbons (Fsp3) is 0.375. The van der Waals surface area contributed by atoms with E-state index in [0.717, 1.165) is 6.54 Å². The number of nitrogens with one attached hydrogen (secondary N) is 1. The predicted molar refractivity (Wildman–Crippen MR) is 79.2 cm³/mol. The molecule has 5 heteroatoms. The maximum Gasteiger partial charge on any atom is 0.149 e. The van der Waals surface area contributed by atoms with Gasteiger partial charge in [0.05, 0.1) is 12.8 Å². The summed E-state index contributed by atoms with van der Waals surface area (Å²) >= 11 is 0. The minimum absolute atomic E-state index is 0.00542. The molecule has 0 aliphatic rings. The van der Waals surface area contributed by atoms with Crippen molar-refractivity contribution in [2.75, 3.05) is 18.0 Å². The van der Waals surface area contributed by atoms with Gasteiger partial charge in [0.25, 0.3) is 0 Å². The molecule has 0 amide bonds. The van der Waals surface area contributed by atoms with E-state index in [1.54, 1.807) is 23.3 Å². The van der Waals surface area contributed by atoms with Crippen LogP contribution in [0.4, 0.5) is 14.5 Å². The van der Waals surface area contributed by atoms with Gasteiger partial charge >= 0.3 is 0 Å². The zero-order valence-corrected chi connectivity index (χ0v) is 12.3. The Hall–Kier alpha value is -1.88. The molecular formula is C16H20F2N2O. The molecule has 114 valence electrons. The summed E-state index contributed by atoms with van der Waals surface area (Å²) < 4.78 is 33.8. The van der Waals surface area contributed by atoms with E-state index in [4.69, 9.17) is 4.42 Å². The molecule has 0 saturated carbocycles. The SMILES string of the molecule is CCNCc1cc(F)c(N(CC)Cc2ccco2)c(F)c1. The summed E-state index contributed by atoms with van der Waals surface area (Å²) in [5.41, 5.74) is 0.596. The molecule has 0 atom stereocenters. The molecule has 0 aliphatic carbocycles. The molecule has 0 saturated heterocycles. The van der Waals surface area contributed by atoms with Crippen LogP contribution >= 0.6 is 0 Å². The molecule has 1 N–H and O–H groups in total. The monoisotopic (exact) mass is 294 g/mol. The van der Waals surface area contributed by atoms with Crippen LogP contribution < -0.4 is 10.2 Å². The molecule has 0 fully saturated rings. The highest BCUT2D eigenvalue weighted by atomic mass is 19.1. The van der Waals surface area contributed by atoms with E-state index in [1.807, 2.05) is 13.8 Å². The molecule has 0 radical (unpaired) electrons. The Kier molecular flexibility index (Phi) is 5.33. The number of hydrogen-bond donors (Lipinski definition) is 1. The van der Waals surface area contributed by atoms with Crippen LogP contribution in [0.2, 0.25) is 0 Å². The van der Waals surface area contributed by atoms with Crippen LogP contribution in [0.25, 0.3) is 0 Å². The number of benzene rings is 1. The largest absolute Gasteiger partial charge is 0.467 e. The molecule has 0 unspecified atom stereocenters. The fourth-order valence-electron chi connectivity index (χ4n) is 2.23. The van der Waals surface area contributed by atoms with E-state index in [-0.39, 0.29) is 5.69 Å². The molecule has 1 heterocycles. The first-order valence-electron chi connectivity index (χ1n) is 7.11. The lowest BCUT2D eigenvalue weighted by molar-refractivity contribution is 0.496. The van der Waals surface area contributed by atoms with Crippen LogP contribution in [0.3, 0.4) is 0 Å². The summed E-state index contributed by atoms with van der Waals surface area (Å²) in [6.07, 6.45) is 1.55. The van der Waals surface area contributed by atoms with Gasteiger partial charge in [-0.3, -0.25) is 0 Å². The molecule has 3 nitrogen and oxygen atoms in total. The topological polar surface area (TPSA) is 28.4 Å². The average Bonchev–Trinajstić information content (AvgIpc) is 2.96. The second-order valence-corrected chi connectivity index (χ2v) is 4.78. The molecular weight excluding hydrogens is 274 g/mol. The Morgan fingerprint density at radius 2 is 1.90 bits per heavy atom. The molecule has 21 heavy (non-hydrogen) atoms. The van der Waals surface area contributed by atoms with Crippen LogP contribution in [-0.2, 0) is 13.1 Å². The maximum atomic E-state index is 14.3. The lowest BCUT2D eigenvalue weighted by Gasteiger charge is -2.23. The summed E-state index contributed by atoms with van der Waals surface area (Å²) in [4.78, 5) is 1.63. The van der Waals surface area contributed by atoms with E-state index < -0.39 is 11.6 Å². The summed E-state index contributed by atoms with van der Waals surface area (Å²) in [5.74, 6) is -0.417. The number of furan rings is 1. The Labute approximate surface area is 123 Å². The first-order valence-corrected chi connectivity index (χ1v) is 7.11. The summed E-state index contributed by atoms with van der Waals surface area (Å²) in [6.45, 7) is 5.84. The van der Waals surface area contributed by atoms with Crippen molar-refractivity contribution in [3.05, 3.63) is 53.5 Å². The number of rotatable bonds is 7. The van der Waals surface area contributed by atoms with E-state index >= 15 is 0 Å². The van der Waals surface area contributed by atoms with Crippen molar-refractivity contribution in [2.24, 2.45) is 0 Å². The second kappa shape index (κ2) is 7.22. The van der Waals surface area contributed by atoms with Crippen LogP contribution in [0.1, 0.15) is 25.2 Å². The first kappa shape index (κ1) is 15.5. The Morgan fingerprint density at radius 1 is 1.19 bits per heavy atom.